The summed E-state index contributed by atoms with van der Waals surface area (Å²) >= 11 is 0. The number of fused-ring (bicyclic) bond motifs is 3. The average molecular weight is 351 g/mol. The van der Waals surface area contributed by atoms with Crippen LogP contribution >= 0.6 is 0 Å². The fraction of sp³-hybridized carbons (Fsp3) is 0. The van der Waals surface area contributed by atoms with Crippen LogP contribution in [0.4, 0.5) is 0 Å². The third-order valence-electron chi connectivity index (χ3n) is 4.73. The lowest BCUT2D eigenvalue weighted by Crippen LogP contribution is -1.89. The van der Waals surface area contributed by atoms with Gasteiger partial charge in [0.15, 0.2) is 11.2 Å². The summed E-state index contributed by atoms with van der Waals surface area (Å²) in [7, 11) is 0. The first-order valence-electron chi connectivity index (χ1n) is 8.61. The molecule has 0 radical (unpaired) electrons. The van der Waals surface area contributed by atoms with Gasteiger partial charge in [0, 0.05) is 40.8 Å². The van der Waals surface area contributed by atoms with Crippen LogP contribution in [-0.4, -0.2) is 24.3 Å². The van der Waals surface area contributed by atoms with E-state index in [9.17, 15) is 0 Å². The van der Waals surface area contributed by atoms with Crippen LogP contribution in [0, 0.1) is 0 Å². The largest absolute Gasteiger partial charge is 0.435 e. The van der Waals surface area contributed by atoms with E-state index in [0.29, 0.717) is 11.6 Å². The number of aromatic amines is 1. The Kier molecular flexibility index (Phi) is 2.79. The fourth-order valence-electron chi connectivity index (χ4n) is 3.37. The summed E-state index contributed by atoms with van der Waals surface area (Å²) in [5.41, 5.74) is 6.23. The monoisotopic (exact) mass is 351 g/mol. The number of nitrogens with zero attached hydrogens (tertiary/aromatic N) is 4. The maximum absolute atomic E-state index is 5.91. The third-order valence-corrected chi connectivity index (χ3v) is 4.73. The topological polar surface area (TPSA) is 72.0 Å². The van der Waals surface area contributed by atoms with Gasteiger partial charge in [-0.3, -0.25) is 0 Å². The van der Waals surface area contributed by atoms with Gasteiger partial charge in [-0.25, -0.2) is 15.0 Å². The molecule has 6 heteroatoms. The SMILES string of the molecule is c1ccc2[nH]c(-c3ccc4oc(-c5cn6ccnc6cn5)nc4c3)cc2c1. The Bertz CT molecular complexity index is 1410. The first-order chi connectivity index (χ1) is 13.3. The van der Waals surface area contributed by atoms with Crippen molar-refractivity contribution in [2.75, 3.05) is 0 Å². The van der Waals surface area contributed by atoms with Crippen LogP contribution in [0.1, 0.15) is 0 Å². The highest BCUT2D eigenvalue weighted by Crippen LogP contribution is 2.29. The molecule has 1 N–H and O–H groups in total. The minimum Gasteiger partial charge on any atom is -0.435 e. The zero-order chi connectivity index (χ0) is 17.8. The van der Waals surface area contributed by atoms with E-state index in [0.717, 1.165) is 33.5 Å². The minimum atomic E-state index is 0.495. The Morgan fingerprint density at radius 2 is 1.96 bits per heavy atom. The number of hydrogen-bond acceptors (Lipinski definition) is 4. The van der Waals surface area contributed by atoms with E-state index in [1.54, 1.807) is 12.4 Å². The molecule has 6 aromatic rings. The fourth-order valence-corrected chi connectivity index (χ4v) is 3.37. The molecule has 0 aliphatic rings. The van der Waals surface area contributed by atoms with Crippen molar-refractivity contribution in [2.24, 2.45) is 0 Å². The Hall–Kier alpha value is -3.93. The lowest BCUT2D eigenvalue weighted by Gasteiger charge is -1.96. The van der Waals surface area contributed by atoms with Crippen molar-refractivity contribution < 1.29 is 4.42 Å². The molecule has 0 bridgehead atoms. The highest BCUT2D eigenvalue weighted by molar-refractivity contribution is 5.88. The highest BCUT2D eigenvalue weighted by Gasteiger charge is 2.12. The number of imidazole rings is 1. The first-order valence-corrected chi connectivity index (χ1v) is 8.61. The van der Waals surface area contributed by atoms with Gasteiger partial charge in [-0.15, -0.1) is 0 Å². The summed E-state index contributed by atoms with van der Waals surface area (Å²) in [6.07, 6.45) is 7.18. The van der Waals surface area contributed by atoms with Crippen molar-refractivity contribution in [3.63, 3.8) is 0 Å². The van der Waals surface area contributed by atoms with E-state index >= 15 is 0 Å². The van der Waals surface area contributed by atoms with Gasteiger partial charge in [0.1, 0.15) is 11.2 Å². The zero-order valence-electron chi connectivity index (χ0n) is 14.1. The summed E-state index contributed by atoms with van der Waals surface area (Å²) in [6.45, 7) is 0. The van der Waals surface area contributed by atoms with Gasteiger partial charge in [-0.05, 0) is 30.3 Å². The van der Waals surface area contributed by atoms with E-state index < -0.39 is 0 Å². The molecule has 0 amide bonds. The predicted molar refractivity (Wildman–Crippen MR) is 103 cm³/mol. The molecule has 0 atom stereocenters. The van der Waals surface area contributed by atoms with Gasteiger partial charge >= 0.3 is 0 Å². The van der Waals surface area contributed by atoms with Crippen molar-refractivity contribution in [1.82, 2.24) is 24.3 Å². The second kappa shape index (κ2) is 5.28. The van der Waals surface area contributed by atoms with Crippen LogP contribution in [0.3, 0.4) is 0 Å². The number of benzene rings is 2. The molecule has 0 unspecified atom stereocenters. The number of oxazole rings is 1. The second-order valence-corrected chi connectivity index (χ2v) is 6.44. The van der Waals surface area contributed by atoms with E-state index in [4.69, 9.17) is 4.42 Å². The molecule has 0 fully saturated rings. The zero-order valence-corrected chi connectivity index (χ0v) is 14.1. The summed E-state index contributed by atoms with van der Waals surface area (Å²) in [5.74, 6) is 0.495. The van der Waals surface area contributed by atoms with Crippen LogP contribution in [0.5, 0.6) is 0 Å². The van der Waals surface area contributed by atoms with Crippen LogP contribution in [0.25, 0.3) is 50.5 Å². The number of nitrogens with one attached hydrogen (secondary N) is 1. The van der Waals surface area contributed by atoms with E-state index in [1.807, 2.05) is 47.1 Å². The molecule has 0 aliphatic heterocycles. The molecule has 0 aliphatic carbocycles. The normalized spacial score (nSPS) is 11.7. The van der Waals surface area contributed by atoms with Gasteiger partial charge in [0.25, 0.3) is 0 Å². The van der Waals surface area contributed by atoms with Gasteiger partial charge in [-0.2, -0.15) is 0 Å². The number of rotatable bonds is 2. The van der Waals surface area contributed by atoms with Crippen LogP contribution in [0.15, 0.2) is 77.7 Å². The quantitative estimate of drug-likeness (QED) is 0.491. The molecule has 128 valence electrons. The Balaban J connectivity index is 1.46. The Labute approximate surface area is 153 Å². The van der Waals surface area contributed by atoms with Crippen molar-refractivity contribution in [3.05, 3.63) is 73.3 Å². The summed E-state index contributed by atoms with van der Waals surface area (Å²) < 4.78 is 7.81. The Morgan fingerprint density at radius 1 is 1.00 bits per heavy atom. The molecule has 0 saturated carbocycles. The summed E-state index contributed by atoms with van der Waals surface area (Å²) in [4.78, 5) is 16.7. The number of para-hydroxylation sites is 1. The maximum atomic E-state index is 5.91. The molecule has 0 spiro atoms. The predicted octanol–water partition coefficient (Wildman–Crippen LogP) is 4.69. The summed E-state index contributed by atoms with van der Waals surface area (Å²) in [6, 6.07) is 16.4. The Morgan fingerprint density at radius 3 is 2.93 bits per heavy atom. The van der Waals surface area contributed by atoms with Crippen LogP contribution < -0.4 is 0 Å². The van der Waals surface area contributed by atoms with Gasteiger partial charge in [-0.1, -0.05) is 18.2 Å². The minimum absolute atomic E-state index is 0.495. The molecule has 2 aromatic carbocycles. The van der Waals surface area contributed by atoms with Gasteiger partial charge in [0.05, 0.1) is 6.20 Å². The number of H-pyrrole nitrogens is 1. The first kappa shape index (κ1) is 14.3. The molecule has 0 saturated heterocycles. The van der Waals surface area contributed by atoms with E-state index in [-0.39, 0.29) is 0 Å². The second-order valence-electron chi connectivity index (χ2n) is 6.44. The van der Waals surface area contributed by atoms with E-state index in [1.165, 1.54) is 5.39 Å². The highest BCUT2D eigenvalue weighted by atomic mass is 16.3. The van der Waals surface area contributed by atoms with Crippen molar-refractivity contribution in [2.45, 2.75) is 0 Å². The van der Waals surface area contributed by atoms with Crippen LogP contribution in [0.2, 0.25) is 0 Å². The van der Waals surface area contributed by atoms with Crippen molar-refractivity contribution in [3.8, 4) is 22.8 Å². The van der Waals surface area contributed by atoms with Gasteiger partial charge in [0.2, 0.25) is 5.89 Å². The van der Waals surface area contributed by atoms with Crippen molar-refractivity contribution in [1.29, 1.82) is 0 Å². The maximum Gasteiger partial charge on any atom is 0.247 e. The number of hydrogen-bond donors (Lipinski definition) is 1. The van der Waals surface area contributed by atoms with Crippen molar-refractivity contribution >= 4 is 27.6 Å². The van der Waals surface area contributed by atoms with Crippen LogP contribution in [-0.2, 0) is 0 Å². The smallest absolute Gasteiger partial charge is 0.247 e. The molecular formula is C21H13N5O. The summed E-state index contributed by atoms with van der Waals surface area (Å²) in [5, 5.41) is 1.19. The third kappa shape index (κ3) is 2.23. The van der Waals surface area contributed by atoms with E-state index in [2.05, 4.69) is 38.1 Å². The standard InChI is InChI=1S/C21H13N5O/c1-2-4-15-13(3-1)9-16(24-15)14-5-6-19-17(10-14)25-21(27-19)18-12-26-8-7-22-20(26)11-23-18/h1-12,24H. The molecule has 4 aromatic heterocycles. The lowest BCUT2D eigenvalue weighted by atomic mass is 10.1. The molecule has 6 nitrogen and oxygen atoms in total. The molecule has 27 heavy (non-hydrogen) atoms. The van der Waals surface area contributed by atoms with Gasteiger partial charge < -0.3 is 13.8 Å². The number of aromatic nitrogens is 5. The lowest BCUT2D eigenvalue weighted by molar-refractivity contribution is 0.616. The average Bonchev–Trinajstić information content (AvgIpc) is 3.42. The molecular weight excluding hydrogens is 338 g/mol. The molecule has 6 rings (SSSR count). The molecule has 4 heterocycles.